The molecule has 0 aliphatic rings. The SMILES string of the molecule is COC(C)Oc1cccc(N)c1. The van der Waals surface area contributed by atoms with E-state index in [4.69, 9.17) is 15.2 Å². The van der Waals surface area contributed by atoms with Gasteiger partial charge in [-0.15, -0.1) is 0 Å². The van der Waals surface area contributed by atoms with E-state index in [0.717, 1.165) is 5.75 Å². The van der Waals surface area contributed by atoms with Crippen molar-refractivity contribution < 1.29 is 9.47 Å². The minimum absolute atomic E-state index is 0.244. The van der Waals surface area contributed by atoms with Crippen molar-refractivity contribution in [2.24, 2.45) is 0 Å². The zero-order chi connectivity index (χ0) is 8.97. The third-order valence-electron chi connectivity index (χ3n) is 1.49. The summed E-state index contributed by atoms with van der Waals surface area (Å²) in [6.45, 7) is 1.82. The molecule has 3 nitrogen and oxygen atoms in total. The lowest BCUT2D eigenvalue weighted by Crippen LogP contribution is -2.13. The van der Waals surface area contributed by atoms with Crippen LogP contribution in [0.2, 0.25) is 0 Å². The summed E-state index contributed by atoms with van der Waals surface area (Å²) >= 11 is 0. The first-order valence-electron chi connectivity index (χ1n) is 3.77. The molecule has 0 saturated carbocycles. The number of hydrogen-bond donors (Lipinski definition) is 1. The lowest BCUT2D eigenvalue weighted by atomic mass is 10.3. The summed E-state index contributed by atoms with van der Waals surface area (Å²) in [5, 5.41) is 0. The van der Waals surface area contributed by atoms with E-state index in [9.17, 15) is 0 Å². The van der Waals surface area contributed by atoms with Gasteiger partial charge in [-0.3, -0.25) is 0 Å². The summed E-state index contributed by atoms with van der Waals surface area (Å²) in [6, 6.07) is 7.25. The Balaban J connectivity index is 2.63. The Bertz CT molecular complexity index is 250. The van der Waals surface area contributed by atoms with Crippen molar-refractivity contribution in [3.05, 3.63) is 24.3 Å². The van der Waals surface area contributed by atoms with Crippen LogP contribution in [-0.2, 0) is 4.74 Å². The van der Waals surface area contributed by atoms with Crippen LogP contribution in [0.3, 0.4) is 0 Å². The van der Waals surface area contributed by atoms with E-state index < -0.39 is 0 Å². The second kappa shape index (κ2) is 3.97. The largest absolute Gasteiger partial charge is 0.465 e. The Kier molecular flexibility index (Phi) is 2.94. The highest BCUT2D eigenvalue weighted by Crippen LogP contribution is 2.15. The summed E-state index contributed by atoms with van der Waals surface area (Å²) in [5.41, 5.74) is 6.25. The second-order valence-electron chi connectivity index (χ2n) is 2.49. The molecule has 2 N–H and O–H groups in total. The first-order chi connectivity index (χ1) is 5.72. The van der Waals surface area contributed by atoms with Gasteiger partial charge in [-0.1, -0.05) is 6.07 Å². The number of hydrogen-bond acceptors (Lipinski definition) is 3. The lowest BCUT2D eigenvalue weighted by Gasteiger charge is -2.12. The molecular weight excluding hydrogens is 154 g/mol. The number of ether oxygens (including phenoxy) is 2. The molecule has 0 amide bonds. The predicted octanol–water partition coefficient (Wildman–Crippen LogP) is 1.64. The molecule has 0 radical (unpaired) electrons. The van der Waals surface area contributed by atoms with Gasteiger partial charge in [-0.05, 0) is 19.1 Å². The van der Waals surface area contributed by atoms with Gasteiger partial charge in [0.1, 0.15) is 5.75 Å². The molecule has 3 heteroatoms. The van der Waals surface area contributed by atoms with Crippen molar-refractivity contribution in [3.63, 3.8) is 0 Å². The molecule has 1 atom stereocenters. The molecule has 1 unspecified atom stereocenters. The Morgan fingerprint density at radius 1 is 1.42 bits per heavy atom. The molecule has 0 aliphatic carbocycles. The van der Waals surface area contributed by atoms with E-state index in [0.29, 0.717) is 5.69 Å². The first kappa shape index (κ1) is 8.87. The van der Waals surface area contributed by atoms with Gasteiger partial charge in [-0.2, -0.15) is 0 Å². The Labute approximate surface area is 72.1 Å². The molecular formula is C9H13NO2. The van der Waals surface area contributed by atoms with E-state index in [1.807, 2.05) is 25.1 Å². The number of anilines is 1. The van der Waals surface area contributed by atoms with E-state index >= 15 is 0 Å². The van der Waals surface area contributed by atoms with Gasteiger partial charge in [0, 0.05) is 18.9 Å². The van der Waals surface area contributed by atoms with Crippen LogP contribution in [0.25, 0.3) is 0 Å². The Morgan fingerprint density at radius 2 is 2.17 bits per heavy atom. The van der Waals surface area contributed by atoms with Crippen molar-refractivity contribution in [1.82, 2.24) is 0 Å². The highest BCUT2D eigenvalue weighted by atomic mass is 16.7. The van der Waals surface area contributed by atoms with Crippen LogP contribution < -0.4 is 10.5 Å². The molecule has 0 spiro atoms. The Hall–Kier alpha value is -1.22. The highest BCUT2D eigenvalue weighted by Gasteiger charge is 2.00. The fourth-order valence-electron chi connectivity index (χ4n) is 0.828. The number of nitrogens with two attached hydrogens (primary N) is 1. The predicted molar refractivity (Wildman–Crippen MR) is 48.0 cm³/mol. The standard InChI is InChI=1S/C9H13NO2/c1-7(11-2)12-9-5-3-4-8(10)6-9/h3-7H,10H2,1-2H3. The van der Waals surface area contributed by atoms with Crippen molar-refractivity contribution in [3.8, 4) is 5.75 Å². The first-order valence-corrected chi connectivity index (χ1v) is 3.77. The minimum atomic E-state index is -0.244. The van der Waals surface area contributed by atoms with E-state index in [-0.39, 0.29) is 6.29 Å². The van der Waals surface area contributed by atoms with Crippen LogP contribution in [0.5, 0.6) is 5.75 Å². The molecule has 12 heavy (non-hydrogen) atoms. The summed E-state index contributed by atoms with van der Waals surface area (Å²) in [6.07, 6.45) is -0.244. The smallest absolute Gasteiger partial charge is 0.196 e. The quantitative estimate of drug-likeness (QED) is 0.549. The van der Waals surface area contributed by atoms with Crippen LogP contribution in [0.4, 0.5) is 5.69 Å². The Morgan fingerprint density at radius 3 is 2.75 bits per heavy atom. The summed E-state index contributed by atoms with van der Waals surface area (Å²) in [7, 11) is 1.59. The highest BCUT2D eigenvalue weighted by molar-refractivity contribution is 5.43. The van der Waals surface area contributed by atoms with Crippen LogP contribution in [0.1, 0.15) is 6.92 Å². The van der Waals surface area contributed by atoms with Gasteiger partial charge in [0.2, 0.25) is 0 Å². The molecule has 0 bridgehead atoms. The van der Waals surface area contributed by atoms with E-state index in [2.05, 4.69) is 0 Å². The van der Waals surface area contributed by atoms with E-state index in [1.54, 1.807) is 13.2 Å². The van der Waals surface area contributed by atoms with Gasteiger partial charge < -0.3 is 15.2 Å². The van der Waals surface area contributed by atoms with Crippen molar-refractivity contribution in [2.45, 2.75) is 13.2 Å². The summed E-state index contributed by atoms with van der Waals surface area (Å²) in [4.78, 5) is 0. The number of nitrogen functional groups attached to an aromatic ring is 1. The molecule has 0 aliphatic heterocycles. The van der Waals surface area contributed by atoms with Crippen molar-refractivity contribution in [2.75, 3.05) is 12.8 Å². The van der Waals surface area contributed by atoms with Gasteiger partial charge in [0.25, 0.3) is 0 Å². The fraction of sp³-hybridized carbons (Fsp3) is 0.333. The minimum Gasteiger partial charge on any atom is -0.465 e. The normalized spacial score (nSPS) is 12.5. The van der Waals surface area contributed by atoms with Gasteiger partial charge in [0.15, 0.2) is 6.29 Å². The van der Waals surface area contributed by atoms with Gasteiger partial charge in [-0.25, -0.2) is 0 Å². The third-order valence-corrected chi connectivity index (χ3v) is 1.49. The monoisotopic (exact) mass is 167 g/mol. The second-order valence-corrected chi connectivity index (χ2v) is 2.49. The zero-order valence-corrected chi connectivity index (χ0v) is 7.28. The molecule has 1 aromatic rings. The summed E-state index contributed by atoms with van der Waals surface area (Å²) in [5.74, 6) is 0.726. The molecule has 1 rings (SSSR count). The third kappa shape index (κ3) is 2.43. The maximum absolute atomic E-state index is 5.55. The molecule has 0 heterocycles. The maximum atomic E-state index is 5.55. The van der Waals surface area contributed by atoms with Crippen LogP contribution in [-0.4, -0.2) is 13.4 Å². The fourth-order valence-corrected chi connectivity index (χ4v) is 0.828. The number of benzene rings is 1. The van der Waals surface area contributed by atoms with Gasteiger partial charge in [0.05, 0.1) is 0 Å². The zero-order valence-electron chi connectivity index (χ0n) is 7.28. The van der Waals surface area contributed by atoms with Crippen molar-refractivity contribution >= 4 is 5.69 Å². The number of methoxy groups -OCH3 is 1. The van der Waals surface area contributed by atoms with Gasteiger partial charge >= 0.3 is 0 Å². The average molecular weight is 167 g/mol. The van der Waals surface area contributed by atoms with Crippen LogP contribution in [0.15, 0.2) is 24.3 Å². The summed E-state index contributed by atoms with van der Waals surface area (Å²) < 4.78 is 10.3. The molecule has 0 saturated heterocycles. The molecule has 66 valence electrons. The molecule has 0 fully saturated rings. The number of rotatable bonds is 3. The van der Waals surface area contributed by atoms with Crippen molar-refractivity contribution in [1.29, 1.82) is 0 Å². The lowest BCUT2D eigenvalue weighted by molar-refractivity contribution is -0.0382. The molecule has 1 aromatic carbocycles. The topological polar surface area (TPSA) is 44.5 Å². The van der Waals surface area contributed by atoms with Crippen LogP contribution >= 0.6 is 0 Å². The molecule has 0 aromatic heterocycles. The van der Waals surface area contributed by atoms with E-state index in [1.165, 1.54) is 0 Å². The van der Waals surface area contributed by atoms with Crippen LogP contribution in [0, 0.1) is 0 Å². The maximum Gasteiger partial charge on any atom is 0.196 e. The average Bonchev–Trinajstić information content (AvgIpc) is 2.04.